The van der Waals surface area contributed by atoms with Crippen LogP contribution in [0.25, 0.3) is 0 Å². The molecule has 24 heavy (non-hydrogen) atoms. The van der Waals surface area contributed by atoms with E-state index in [9.17, 15) is 9.59 Å². The number of nitrogens with zero attached hydrogens (tertiary/aromatic N) is 2. The molecule has 0 radical (unpaired) electrons. The zero-order valence-corrected chi connectivity index (χ0v) is 15.3. The van der Waals surface area contributed by atoms with E-state index in [1.165, 1.54) is 0 Å². The maximum absolute atomic E-state index is 12.1. The maximum atomic E-state index is 12.1. The summed E-state index contributed by atoms with van der Waals surface area (Å²) in [6.45, 7) is 10.9. The first-order chi connectivity index (χ1) is 11.3. The van der Waals surface area contributed by atoms with Gasteiger partial charge in [-0.15, -0.1) is 0 Å². The molecule has 1 aromatic heterocycles. The molecule has 134 valence electrons. The van der Waals surface area contributed by atoms with E-state index in [2.05, 4.69) is 24.3 Å². The van der Waals surface area contributed by atoms with Gasteiger partial charge in [0.25, 0.3) is 0 Å². The van der Waals surface area contributed by atoms with Crippen molar-refractivity contribution in [2.75, 3.05) is 0 Å². The Morgan fingerprint density at radius 2 is 2.00 bits per heavy atom. The number of carboxylic acids is 1. The Balaban J connectivity index is 2.67. The number of carbonyl (C=O) groups excluding carboxylic acids is 1. The predicted octanol–water partition coefficient (Wildman–Crippen LogP) is 2.62. The molecule has 1 aromatic rings. The summed E-state index contributed by atoms with van der Waals surface area (Å²) in [6, 6.07) is -0.875. The molecule has 1 atom stereocenters. The van der Waals surface area contributed by atoms with Gasteiger partial charge in [-0.3, -0.25) is 9.48 Å². The van der Waals surface area contributed by atoms with Crippen LogP contribution in [0.15, 0.2) is 12.2 Å². The van der Waals surface area contributed by atoms with Crippen LogP contribution >= 0.6 is 0 Å². The van der Waals surface area contributed by atoms with Crippen molar-refractivity contribution in [3.05, 3.63) is 29.1 Å². The highest BCUT2D eigenvalue weighted by Gasteiger charge is 2.19. The molecule has 0 aliphatic heterocycles. The van der Waals surface area contributed by atoms with Crippen molar-refractivity contribution in [2.24, 2.45) is 5.92 Å². The minimum absolute atomic E-state index is 0.248. The first kappa shape index (κ1) is 19.9. The van der Waals surface area contributed by atoms with Crippen LogP contribution in [-0.4, -0.2) is 32.8 Å². The highest BCUT2D eigenvalue weighted by Crippen LogP contribution is 2.16. The molecule has 1 amide bonds. The Labute approximate surface area is 143 Å². The molecular weight excluding hydrogens is 306 g/mol. The number of hydrogen-bond donors (Lipinski definition) is 2. The van der Waals surface area contributed by atoms with Gasteiger partial charge < -0.3 is 10.4 Å². The Morgan fingerprint density at radius 3 is 2.54 bits per heavy atom. The average Bonchev–Trinajstić information content (AvgIpc) is 2.74. The highest BCUT2D eigenvalue weighted by molar-refractivity contribution is 5.83. The number of amides is 1. The molecule has 1 rings (SSSR count). The predicted molar refractivity (Wildman–Crippen MR) is 93.9 cm³/mol. The number of aliphatic carboxylic acids is 1. The second kappa shape index (κ2) is 9.25. The molecule has 0 aromatic carbocycles. The van der Waals surface area contributed by atoms with E-state index in [0.717, 1.165) is 23.5 Å². The molecule has 0 saturated carbocycles. The monoisotopic (exact) mass is 335 g/mol. The van der Waals surface area contributed by atoms with E-state index in [1.807, 2.05) is 25.5 Å². The van der Waals surface area contributed by atoms with Gasteiger partial charge >= 0.3 is 5.97 Å². The van der Waals surface area contributed by atoms with E-state index in [0.29, 0.717) is 18.8 Å². The van der Waals surface area contributed by atoms with E-state index >= 15 is 0 Å². The molecule has 1 unspecified atom stereocenters. The van der Waals surface area contributed by atoms with Crippen LogP contribution < -0.4 is 5.32 Å². The van der Waals surface area contributed by atoms with Crippen molar-refractivity contribution in [3.8, 4) is 0 Å². The average molecular weight is 335 g/mol. The van der Waals surface area contributed by atoms with Gasteiger partial charge in [0, 0.05) is 18.7 Å². The largest absolute Gasteiger partial charge is 0.480 e. The molecule has 0 spiro atoms. The number of aryl methyl sites for hydroxylation is 1. The SMILES string of the molecule is C/C=C/CC(NC(=O)CCc1c(C)nn(CC(C)C)c1C)C(=O)O. The maximum Gasteiger partial charge on any atom is 0.326 e. The van der Waals surface area contributed by atoms with Crippen molar-refractivity contribution >= 4 is 11.9 Å². The molecule has 6 heteroatoms. The third kappa shape index (κ3) is 5.83. The summed E-state index contributed by atoms with van der Waals surface area (Å²) >= 11 is 0. The van der Waals surface area contributed by atoms with E-state index in [1.54, 1.807) is 12.2 Å². The normalized spacial score (nSPS) is 12.8. The van der Waals surface area contributed by atoms with E-state index in [-0.39, 0.29) is 12.3 Å². The fourth-order valence-electron chi connectivity index (χ4n) is 2.62. The van der Waals surface area contributed by atoms with Crippen LogP contribution in [0, 0.1) is 19.8 Å². The molecular formula is C18H29N3O3. The summed E-state index contributed by atoms with van der Waals surface area (Å²) in [6.07, 6.45) is 4.63. The smallest absolute Gasteiger partial charge is 0.326 e. The summed E-state index contributed by atoms with van der Waals surface area (Å²) in [5, 5.41) is 16.3. The molecule has 0 fully saturated rings. The fraction of sp³-hybridized carbons (Fsp3) is 0.611. The molecule has 0 aliphatic carbocycles. The summed E-state index contributed by atoms with van der Waals surface area (Å²) in [5.41, 5.74) is 3.09. The number of hydrogen-bond acceptors (Lipinski definition) is 3. The summed E-state index contributed by atoms with van der Waals surface area (Å²) in [7, 11) is 0. The number of allylic oxidation sites excluding steroid dienone is 1. The Hall–Kier alpha value is -2.11. The van der Waals surface area contributed by atoms with Crippen LogP contribution in [0.4, 0.5) is 0 Å². The number of rotatable bonds is 9. The van der Waals surface area contributed by atoms with Gasteiger partial charge in [-0.2, -0.15) is 5.10 Å². The van der Waals surface area contributed by atoms with Crippen molar-refractivity contribution in [1.29, 1.82) is 0 Å². The minimum atomic E-state index is -1.02. The lowest BCUT2D eigenvalue weighted by molar-refractivity contribution is -0.141. The van der Waals surface area contributed by atoms with Crippen LogP contribution in [0.2, 0.25) is 0 Å². The van der Waals surface area contributed by atoms with Gasteiger partial charge in [0.2, 0.25) is 5.91 Å². The summed E-state index contributed by atoms with van der Waals surface area (Å²) < 4.78 is 1.99. The van der Waals surface area contributed by atoms with Gasteiger partial charge in [0.15, 0.2) is 0 Å². The van der Waals surface area contributed by atoms with E-state index < -0.39 is 12.0 Å². The first-order valence-electron chi connectivity index (χ1n) is 8.42. The quantitative estimate of drug-likeness (QED) is 0.680. The van der Waals surface area contributed by atoms with Gasteiger partial charge in [0.1, 0.15) is 6.04 Å². The van der Waals surface area contributed by atoms with Gasteiger partial charge in [-0.25, -0.2) is 4.79 Å². The molecule has 1 heterocycles. The fourth-order valence-corrected chi connectivity index (χ4v) is 2.62. The molecule has 0 aliphatic rings. The van der Waals surface area contributed by atoms with Crippen molar-refractivity contribution < 1.29 is 14.7 Å². The minimum Gasteiger partial charge on any atom is -0.480 e. The lowest BCUT2D eigenvalue weighted by Crippen LogP contribution is -2.40. The van der Waals surface area contributed by atoms with Gasteiger partial charge in [-0.05, 0) is 45.1 Å². The third-order valence-electron chi connectivity index (χ3n) is 3.91. The second-order valence-corrected chi connectivity index (χ2v) is 6.49. The van der Waals surface area contributed by atoms with Crippen molar-refractivity contribution in [3.63, 3.8) is 0 Å². The standard InChI is InChI=1S/C18H29N3O3/c1-6-7-8-16(18(23)24)19-17(22)10-9-15-13(4)20-21(14(15)5)11-12(2)3/h6-7,12,16H,8-11H2,1-5H3,(H,19,22)(H,23,24)/b7-6+. The Kier molecular flexibility index (Phi) is 7.68. The number of carbonyl (C=O) groups is 2. The number of nitrogens with one attached hydrogen (secondary N) is 1. The van der Waals surface area contributed by atoms with Crippen molar-refractivity contribution in [1.82, 2.24) is 15.1 Å². The summed E-state index contributed by atoms with van der Waals surface area (Å²) in [5.74, 6) is -0.761. The topological polar surface area (TPSA) is 84.2 Å². The zero-order chi connectivity index (χ0) is 18.3. The van der Waals surface area contributed by atoms with Gasteiger partial charge in [0.05, 0.1) is 5.69 Å². The molecule has 6 nitrogen and oxygen atoms in total. The zero-order valence-electron chi connectivity index (χ0n) is 15.3. The Morgan fingerprint density at radius 1 is 1.33 bits per heavy atom. The molecule has 0 bridgehead atoms. The number of aromatic nitrogens is 2. The molecule has 2 N–H and O–H groups in total. The third-order valence-corrected chi connectivity index (χ3v) is 3.91. The number of carboxylic acid groups (broad SMARTS) is 1. The van der Waals surface area contributed by atoms with E-state index in [4.69, 9.17) is 5.11 Å². The van der Waals surface area contributed by atoms with Crippen LogP contribution in [0.3, 0.4) is 0 Å². The first-order valence-corrected chi connectivity index (χ1v) is 8.42. The highest BCUT2D eigenvalue weighted by atomic mass is 16.4. The molecule has 0 saturated heterocycles. The lowest BCUT2D eigenvalue weighted by atomic mass is 10.1. The second-order valence-electron chi connectivity index (χ2n) is 6.49. The van der Waals surface area contributed by atoms with Crippen LogP contribution in [-0.2, 0) is 22.6 Å². The van der Waals surface area contributed by atoms with Crippen LogP contribution in [0.5, 0.6) is 0 Å². The lowest BCUT2D eigenvalue weighted by Gasteiger charge is -2.13. The van der Waals surface area contributed by atoms with Gasteiger partial charge in [-0.1, -0.05) is 26.0 Å². The van der Waals surface area contributed by atoms with Crippen molar-refractivity contribution in [2.45, 2.75) is 66.5 Å². The van der Waals surface area contributed by atoms with Crippen LogP contribution in [0.1, 0.15) is 50.6 Å². The summed E-state index contributed by atoms with van der Waals surface area (Å²) in [4.78, 5) is 23.2. The Bertz CT molecular complexity index is 603.